The zero-order valence-electron chi connectivity index (χ0n) is 8.59. The zero-order valence-corrected chi connectivity index (χ0v) is 10.7. The lowest BCUT2D eigenvalue weighted by molar-refractivity contribution is 0.660. The van der Waals surface area contributed by atoms with Crippen LogP contribution in [0.3, 0.4) is 0 Å². The average molecular weight is 322 g/mol. The molecule has 0 amide bonds. The highest BCUT2D eigenvalue weighted by Crippen LogP contribution is 2.11. The van der Waals surface area contributed by atoms with Crippen molar-refractivity contribution in [1.82, 2.24) is 9.97 Å². The van der Waals surface area contributed by atoms with E-state index < -0.39 is 0 Å². The normalized spacial score (nSPS) is 12.5. The maximum Gasteiger partial charge on any atom is 0.266 e. The Balaban J connectivity index is 2.64. The van der Waals surface area contributed by atoms with Crippen LogP contribution < -0.4 is 16.6 Å². The number of halogens is 1. The number of anilines is 1. The Morgan fingerprint density at radius 2 is 2.47 bits per heavy atom. The summed E-state index contributed by atoms with van der Waals surface area (Å²) in [7, 11) is 0. The summed E-state index contributed by atoms with van der Waals surface area (Å²) in [5.41, 5.74) is 5.31. The van der Waals surface area contributed by atoms with Crippen molar-refractivity contribution in [3.63, 3.8) is 0 Å². The minimum Gasteiger partial charge on any atom is -0.367 e. The van der Waals surface area contributed by atoms with Crippen LogP contribution in [-0.4, -0.2) is 22.6 Å². The Hall–Kier alpha value is -0.630. The number of hydrogen-bond acceptors (Lipinski definition) is 4. The minimum absolute atomic E-state index is 0.112. The fourth-order valence-corrected chi connectivity index (χ4v) is 1.66. The second kappa shape index (κ2) is 6.06. The molecule has 1 heterocycles. The molecule has 6 heteroatoms. The van der Waals surface area contributed by atoms with Crippen molar-refractivity contribution < 1.29 is 0 Å². The van der Waals surface area contributed by atoms with Crippen molar-refractivity contribution >= 4 is 28.4 Å². The molecule has 0 radical (unpaired) electrons. The van der Waals surface area contributed by atoms with Gasteiger partial charge in [-0.1, -0.05) is 0 Å². The summed E-state index contributed by atoms with van der Waals surface area (Å²) in [5.74, 6) is 0.642. The summed E-state index contributed by atoms with van der Waals surface area (Å²) >= 11 is 1.98. The number of rotatable bonds is 5. The van der Waals surface area contributed by atoms with Crippen LogP contribution in [0.15, 0.2) is 11.1 Å². The molecular formula is C9H15IN4O. The van der Waals surface area contributed by atoms with Crippen molar-refractivity contribution in [3.8, 4) is 0 Å². The smallest absolute Gasteiger partial charge is 0.266 e. The summed E-state index contributed by atoms with van der Waals surface area (Å²) in [6, 6.07) is 0.274. The number of nitrogens with zero attached hydrogens (tertiary/aromatic N) is 1. The van der Waals surface area contributed by atoms with E-state index in [-0.39, 0.29) is 11.6 Å². The first-order chi connectivity index (χ1) is 7.15. The van der Waals surface area contributed by atoms with Crippen LogP contribution in [-0.2, 0) is 0 Å². The van der Waals surface area contributed by atoms with Gasteiger partial charge in [0.25, 0.3) is 5.56 Å². The lowest BCUT2D eigenvalue weighted by atomic mass is 10.2. The maximum atomic E-state index is 11.3. The molecule has 84 valence electrons. The molecule has 0 saturated heterocycles. The molecule has 1 unspecified atom stereocenters. The van der Waals surface area contributed by atoms with Crippen LogP contribution in [0, 0.1) is 3.57 Å². The van der Waals surface area contributed by atoms with Crippen molar-refractivity contribution in [2.24, 2.45) is 5.73 Å². The number of H-pyrrole nitrogens is 1. The van der Waals surface area contributed by atoms with Gasteiger partial charge in [-0.2, -0.15) is 0 Å². The molecule has 0 aromatic carbocycles. The highest BCUT2D eigenvalue weighted by Gasteiger charge is 2.07. The molecule has 1 aromatic rings. The summed E-state index contributed by atoms with van der Waals surface area (Å²) in [6.45, 7) is 2.74. The van der Waals surface area contributed by atoms with Crippen LogP contribution >= 0.6 is 22.6 Å². The van der Waals surface area contributed by atoms with E-state index >= 15 is 0 Å². The van der Waals surface area contributed by atoms with E-state index in [1.54, 1.807) is 0 Å². The topological polar surface area (TPSA) is 83.8 Å². The molecule has 0 spiro atoms. The van der Waals surface area contributed by atoms with Crippen LogP contribution in [0.5, 0.6) is 0 Å². The molecule has 0 aliphatic carbocycles. The molecule has 4 N–H and O–H groups in total. The lowest BCUT2D eigenvalue weighted by Gasteiger charge is -2.14. The molecular weight excluding hydrogens is 307 g/mol. The number of aromatic nitrogens is 2. The molecule has 0 bridgehead atoms. The fraction of sp³-hybridized carbons (Fsp3) is 0.556. The molecule has 0 aliphatic rings. The third-order valence-corrected chi connectivity index (χ3v) is 3.02. The molecule has 1 atom stereocenters. The second-order valence-electron chi connectivity index (χ2n) is 3.37. The third kappa shape index (κ3) is 3.78. The molecule has 0 aliphatic heterocycles. The molecule has 5 nitrogen and oxygen atoms in total. The van der Waals surface area contributed by atoms with E-state index in [1.165, 1.54) is 6.33 Å². The van der Waals surface area contributed by atoms with Gasteiger partial charge in [0, 0.05) is 6.04 Å². The monoisotopic (exact) mass is 322 g/mol. The van der Waals surface area contributed by atoms with Crippen LogP contribution in [0.25, 0.3) is 0 Å². The third-order valence-electron chi connectivity index (χ3n) is 2.02. The van der Waals surface area contributed by atoms with Gasteiger partial charge in [0.2, 0.25) is 0 Å². The fourth-order valence-electron chi connectivity index (χ4n) is 1.21. The summed E-state index contributed by atoms with van der Waals surface area (Å²) in [4.78, 5) is 17.9. The predicted molar refractivity (Wildman–Crippen MR) is 68.9 cm³/mol. The summed E-state index contributed by atoms with van der Waals surface area (Å²) < 4.78 is 0.592. The Kier molecular flexibility index (Phi) is 5.03. The Morgan fingerprint density at radius 3 is 3.13 bits per heavy atom. The van der Waals surface area contributed by atoms with Crippen molar-refractivity contribution in [3.05, 3.63) is 20.3 Å². The predicted octanol–water partition coefficient (Wildman–Crippen LogP) is 0.914. The Bertz CT molecular complexity index is 365. The van der Waals surface area contributed by atoms with Gasteiger partial charge in [0.1, 0.15) is 9.39 Å². The van der Waals surface area contributed by atoms with Crippen LogP contribution in [0.4, 0.5) is 5.82 Å². The molecule has 1 aromatic heterocycles. The maximum absolute atomic E-state index is 11.3. The van der Waals surface area contributed by atoms with Gasteiger partial charge < -0.3 is 16.0 Å². The van der Waals surface area contributed by atoms with Gasteiger partial charge in [0.15, 0.2) is 0 Å². The van der Waals surface area contributed by atoms with Crippen molar-refractivity contribution in [2.45, 2.75) is 25.8 Å². The van der Waals surface area contributed by atoms with E-state index in [0.29, 0.717) is 15.9 Å². The summed E-state index contributed by atoms with van der Waals surface area (Å²) in [5, 5.41) is 3.19. The van der Waals surface area contributed by atoms with E-state index in [9.17, 15) is 4.79 Å². The van der Waals surface area contributed by atoms with Gasteiger partial charge in [-0.15, -0.1) is 0 Å². The average Bonchev–Trinajstić information content (AvgIpc) is 2.22. The molecule has 15 heavy (non-hydrogen) atoms. The Morgan fingerprint density at radius 1 is 1.73 bits per heavy atom. The van der Waals surface area contributed by atoms with Gasteiger partial charge in [-0.3, -0.25) is 4.79 Å². The van der Waals surface area contributed by atoms with Crippen LogP contribution in [0.1, 0.15) is 19.8 Å². The lowest BCUT2D eigenvalue weighted by Crippen LogP contribution is -2.21. The van der Waals surface area contributed by atoms with Gasteiger partial charge >= 0.3 is 0 Å². The first-order valence-electron chi connectivity index (χ1n) is 4.85. The zero-order chi connectivity index (χ0) is 11.3. The first-order valence-corrected chi connectivity index (χ1v) is 5.92. The van der Waals surface area contributed by atoms with Crippen molar-refractivity contribution in [2.75, 3.05) is 11.9 Å². The number of hydrogen-bond donors (Lipinski definition) is 3. The number of nitrogens with two attached hydrogens (primary N) is 1. The second-order valence-corrected chi connectivity index (χ2v) is 4.45. The van der Waals surface area contributed by atoms with E-state index in [0.717, 1.165) is 12.8 Å². The highest BCUT2D eigenvalue weighted by molar-refractivity contribution is 14.1. The van der Waals surface area contributed by atoms with E-state index in [4.69, 9.17) is 5.73 Å². The van der Waals surface area contributed by atoms with E-state index in [2.05, 4.69) is 22.2 Å². The molecule has 0 fully saturated rings. The van der Waals surface area contributed by atoms with E-state index in [1.807, 2.05) is 22.6 Å². The van der Waals surface area contributed by atoms with Gasteiger partial charge in [0.05, 0.1) is 6.33 Å². The largest absolute Gasteiger partial charge is 0.367 e. The number of nitrogens with one attached hydrogen (secondary N) is 2. The quantitative estimate of drug-likeness (QED) is 0.704. The van der Waals surface area contributed by atoms with Crippen molar-refractivity contribution in [1.29, 1.82) is 0 Å². The standard InChI is InChI=1S/C9H15IN4O/c1-6(3-2-4-11)14-8-7(10)9(15)13-5-12-8/h5-6H,2-4,11H2,1H3,(H2,12,13,14,15). The molecule has 1 rings (SSSR count). The SMILES string of the molecule is CC(CCCN)Nc1nc[nH]c(=O)c1I. The first kappa shape index (κ1) is 12.4. The summed E-state index contributed by atoms with van der Waals surface area (Å²) in [6.07, 6.45) is 3.34. The molecule has 0 saturated carbocycles. The Labute approximate surface area is 102 Å². The minimum atomic E-state index is -0.112. The van der Waals surface area contributed by atoms with Gasteiger partial charge in [-0.25, -0.2) is 4.98 Å². The van der Waals surface area contributed by atoms with Crippen LogP contribution in [0.2, 0.25) is 0 Å². The van der Waals surface area contributed by atoms with Gasteiger partial charge in [-0.05, 0) is 48.9 Å². The highest BCUT2D eigenvalue weighted by atomic mass is 127. The number of aromatic amines is 1.